The van der Waals surface area contributed by atoms with E-state index in [0.29, 0.717) is 45.4 Å². The van der Waals surface area contributed by atoms with E-state index < -0.39 is 0 Å². The van der Waals surface area contributed by atoms with Gasteiger partial charge in [0.05, 0.1) is 5.75 Å². The fourth-order valence-electron chi connectivity index (χ4n) is 1.82. The molecule has 3 rings (SSSR count). The lowest BCUT2D eigenvalue weighted by atomic mass is 10.1. The smallest absolute Gasteiger partial charge is 0.237 e. The van der Waals surface area contributed by atoms with Crippen molar-refractivity contribution in [1.82, 2.24) is 20.1 Å². The molecule has 0 bridgehead atoms. The van der Waals surface area contributed by atoms with Crippen LogP contribution in [-0.4, -0.2) is 20.1 Å². The quantitative estimate of drug-likeness (QED) is 0.552. The number of aromatic nitrogens is 4. The monoisotopic (exact) mass is 332 g/mol. The highest BCUT2D eigenvalue weighted by molar-refractivity contribution is 7.98. The third-order valence-electron chi connectivity index (χ3n) is 2.97. The molecule has 2 aromatic heterocycles. The van der Waals surface area contributed by atoms with E-state index in [1.54, 1.807) is 19.1 Å². The first-order chi connectivity index (χ1) is 11.0. The highest BCUT2D eigenvalue weighted by Crippen LogP contribution is 2.23. The third-order valence-corrected chi connectivity index (χ3v) is 3.80. The minimum atomic E-state index is -0.313. The Labute approximate surface area is 135 Å². The molecule has 4 N–H and O–H groups in total. The van der Waals surface area contributed by atoms with Gasteiger partial charge in [0, 0.05) is 11.6 Å². The van der Waals surface area contributed by atoms with E-state index in [2.05, 4.69) is 20.1 Å². The summed E-state index contributed by atoms with van der Waals surface area (Å²) in [5.41, 5.74) is 12.3. The fourth-order valence-corrected chi connectivity index (χ4v) is 2.53. The van der Waals surface area contributed by atoms with Crippen LogP contribution in [0.2, 0.25) is 0 Å². The first-order valence-corrected chi connectivity index (χ1v) is 7.62. The summed E-state index contributed by atoms with van der Waals surface area (Å²) < 4.78 is 18.7. The van der Waals surface area contributed by atoms with Crippen molar-refractivity contribution in [1.29, 1.82) is 0 Å². The lowest BCUT2D eigenvalue weighted by Gasteiger charge is -2.00. The summed E-state index contributed by atoms with van der Waals surface area (Å²) in [4.78, 5) is 12.3. The molecule has 0 saturated heterocycles. The van der Waals surface area contributed by atoms with Crippen LogP contribution in [-0.2, 0) is 5.75 Å². The van der Waals surface area contributed by atoms with Crippen LogP contribution in [0.1, 0.15) is 11.5 Å². The second-order valence-corrected chi connectivity index (χ2v) is 5.71. The number of halogens is 1. The van der Waals surface area contributed by atoms with E-state index in [4.69, 9.17) is 16.0 Å². The number of anilines is 2. The molecule has 0 aliphatic carbocycles. The van der Waals surface area contributed by atoms with Crippen molar-refractivity contribution in [3.8, 4) is 11.4 Å². The molecule has 2 heterocycles. The van der Waals surface area contributed by atoms with Gasteiger partial charge in [0.15, 0.2) is 5.16 Å². The molecule has 0 saturated carbocycles. The number of nitrogen functional groups attached to an aromatic ring is 2. The molecule has 118 valence electrons. The second-order valence-electron chi connectivity index (χ2n) is 4.76. The maximum atomic E-state index is 13.6. The Bertz CT molecular complexity index is 833. The third kappa shape index (κ3) is 3.57. The van der Waals surface area contributed by atoms with E-state index >= 15 is 0 Å². The van der Waals surface area contributed by atoms with Gasteiger partial charge in [0.2, 0.25) is 11.7 Å². The van der Waals surface area contributed by atoms with Crippen LogP contribution in [0.5, 0.6) is 0 Å². The van der Waals surface area contributed by atoms with Crippen molar-refractivity contribution < 1.29 is 8.91 Å². The van der Waals surface area contributed by atoms with Gasteiger partial charge in [-0.1, -0.05) is 29.1 Å². The first-order valence-electron chi connectivity index (χ1n) is 6.63. The number of thioether (sulfide) groups is 1. The summed E-state index contributed by atoms with van der Waals surface area (Å²) >= 11 is 1.26. The van der Waals surface area contributed by atoms with E-state index in [-0.39, 0.29) is 5.82 Å². The zero-order valence-electron chi connectivity index (χ0n) is 12.2. The molecule has 0 amide bonds. The minimum Gasteiger partial charge on any atom is -0.383 e. The van der Waals surface area contributed by atoms with E-state index in [1.165, 1.54) is 23.9 Å². The van der Waals surface area contributed by atoms with Crippen LogP contribution in [0.3, 0.4) is 0 Å². The van der Waals surface area contributed by atoms with Gasteiger partial charge in [-0.05, 0) is 18.6 Å². The standard InChI is InChI=1S/C14H13FN6OS/c1-7-2-3-8(4-9(7)15)13-20-12(22-21-13)6-23-14-18-10(16)5-11(17)19-14/h2-5H,6H2,1H3,(H4,16,17,18,19). The lowest BCUT2D eigenvalue weighted by Crippen LogP contribution is -1.99. The number of nitrogens with two attached hydrogens (primary N) is 2. The van der Waals surface area contributed by atoms with Crippen molar-refractivity contribution in [3.05, 3.63) is 41.5 Å². The molecular formula is C14H13FN6OS. The Morgan fingerprint density at radius 3 is 2.57 bits per heavy atom. The van der Waals surface area contributed by atoms with E-state index in [0.717, 1.165) is 0 Å². The Balaban J connectivity index is 1.73. The SMILES string of the molecule is Cc1ccc(-c2noc(CSc3nc(N)cc(N)n3)n2)cc1F. The topological polar surface area (TPSA) is 117 Å². The summed E-state index contributed by atoms with van der Waals surface area (Å²) in [5.74, 6) is 1.32. The molecule has 1 aromatic carbocycles. The summed E-state index contributed by atoms with van der Waals surface area (Å²) in [6, 6.07) is 6.25. The van der Waals surface area contributed by atoms with Gasteiger partial charge in [0.25, 0.3) is 0 Å². The Morgan fingerprint density at radius 1 is 1.13 bits per heavy atom. The number of aryl methyl sites for hydroxylation is 1. The highest BCUT2D eigenvalue weighted by atomic mass is 32.2. The molecule has 23 heavy (non-hydrogen) atoms. The normalized spacial score (nSPS) is 10.9. The summed E-state index contributed by atoms with van der Waals surface area (Å²) in [7, 11) is 0. The fraction of sp³-hybridized carbons (Fsp3) is 0.143. The van der Waals surface area contributed by atoms with Crippen LogP contribution < -0.4 is 11.5 Å². The number of benzene rings is 1. The number of rotatable bonds is 4. The van der Waals surface area contributed by atoms with Gasteiger partial charge in [-0.3, -0.25) is 0 Å². The van der Waals surface area contributed by atoms with Crippen molar-refractivity contribution in [2.45, 2.75) is 17.8 Å². The average Bonchev–Trinajstić information content (AvgIpc) is 2.96. The Kier molecular flexibility index (Phi) is 4.11. The molecule has 0 radical (unpaired) electrons. The summed E-state index contributed by atoms with van der Waals surface area (Å²) in [5, 5.41) is 4.27. The molecule has 9 heteroatoms. The molecular weight excluding hydrogens is 319 g/mol. The van der Waals surface area contributed by atoms with Gasteiger partial charge < -0.3 is 16.0 Å². The van der Waals surface area contributed by atoms with Gasteiger partial charge >= 0.3 is 0 Å². The van der Waals surface area contributed by atoms with Gasteiger partial charge in [-0.2, -0.15) is 4.98 Å². The number of hydrogen-bond acceptors (Lipinski definition) is 8. The zero-order chi connectivity index (χ0) is 16.4. The van der Waals surface area contributed by atoms with Crippen molar-refractivity contribution in [3.63, 3.8) is 0 Å². The van der Waals surface area contributed by atoms with Crippen LogP contribution >= 0.6 is 11.8 Å². The van der Waals surface area contributed by atoms with Crippen LogP contribution in [0.25, 0.3) is 11.4 Å². The van der Waals surface area contributed by atoms with Crippen molar-refractivity contribution in [2.75, 3.05) is 11.5 Å². The van der Waals surface area contributed by atoms with Gasteiger partial charge in [0.1, 0.15) is 17.5 Å². The van der Waals surface area contributed by atoms with Crippen LogP contribution in [0, 0.1) is 12.7 Å². The predicted octanol–water partition coefficient (Wildman–Crippen LogP) is 2.43. The molecule has 0 atom stereocenters. The van der Waals surface area contributed by atoms with Crippen molar-refractivity contribution in [2.24, 2.45) is 0 Å². The van der Waals surface area contributed by atoms with Gasteiger partial charge in [-0.15, -0.1) is 0 Å². The van der Waals surface area contributed by atoms with Crippen molar-refractivity contribution >= 4 is 23.4 Å². The molecule has 0 spiro atoms. The largest absolute Gasteiger partial charge is 0.383 e. The molecule has 0 fully saturated rings. The maximum absolute atomic E-state index is 13.6. The molecule has 7 nitrogen and oxygen atoms in total. The Hall–Kier alpha value is -2.68. The molecule has 0 aliphatic heterocycles. The maximum Gasteiger partial charge on any atom is 0.237 e. The zero-order valence-corrected chi connectivity index (χ0v) is 13.0. The second kappa shape index (κ2) is 6.21. The first kappa shape index (κ1) is 15.2. The van der Waals surface area contributed by atoms with E-state index in [9.17, 15) is 4.39 Å². The predicted molar refractivity (Wildman–Crippen MR) is 84.8 cm³/mol. The minimum absolute atomic E-state index is 0.293. The molecule has 0 aliphatic rings. The summed E-state index contributed by atoms with van der Waals surface area (Å²) in [6.07, 6.45) is 0. The number of hydrogen-bond donors (Lipinski definition) is 2. The van der Waals surface area contributed by atoms with E-state index in [1.807, 2.05) is 0 Å². The average molecular weight is 332 g/mol. The molecule has 0 unspecified atom stereocenters. The Morgan fingerprint density at radius 2 is 1.87 bits per heavy atom. The summed E-state index contributed by atoms with van der Waals surface area (Å²) in [6.45, 7) is 1.69. The number of nitrogens with zero attached hydrogens (tertiary/aromatic N) is 4. The molecule has 3 aromatic rings. The van der Waals surface area contributed by atoms with Crippen LogP contribution in [0.15, 0.2) is 33.9 Å². The van der Waals surface area contributed by atoms with Crippen LogP contribution in [0.4, 0.5) is 16.0 Å². The highest BCUT2D eigenvalue weighted by Gasteiger charge is 2.11. The van der Waals surface area contributed by atoms with Gasteiger partial charge in [-0.25, -0.2) is 14.4 Å². The lowest BCUT2D eigenvalue weighted by molar-refractivity contribution is 0.391.